The van der Waals surface area contributed by atoms with Gasteiger partial charge in [-0.15, -0.1) is 0 Å². The van der Waals surface area contributed by atoms with Crippen molar-refractivity contribution in [3.05, 3.63) is 28.2 Å². The smallest absolute Gasteiger partial charge is 0.119 e. The van der Waals surface area contributed by atoms with Gasteiger partial charge in [-0.1, -0.05) is 22.9 Å². The van der Waals surface area contributed by atoms with Gasteiger partial charge in [-0.3, -0.25) is 4.21 Å². The summed E-state index contributed by atoms with van der Waals surface area (Å²) in [6, 6.07) is 5.70. The topological polar surface area (TPSA) is 52.3 Å². The Kier molecular flexibility index (Phi) is 6.16. The molecule has 0 aliphatic carbocycles. The number of benzene rings is 1. The Morgan fingerprint density at radius 3 is 2.82 bits per heavy atom. The third-order valence-corrected chi connectivity index (χ3v) is 4.79. The molecule has 2 N–H and O–H groups in total. The van der Waals surface area contributed by atoms with Crippen molar-refractivity contribution in [2.75, 3.05) is 19.4 Å². The van der Waals surface area contributed by atoms with Crippen molar-refractivity contribution in [3.8, 4) is 5.75 Å². The molecule has 96 valence electrons. The molecule has 1 aromatic carbocycles. The Labute approximate surface area is 113 Å². The molecule has 0 saturated heterocycles. The van der Waals surface area contributed by atoms with Crippen LogP contribution in [-0.2, 0) is 16.6 Å². The molecule has 0 bridgehead atoms. The van der Waals surface area contributed by atoms with Gasteiger partial charge < -0.3 is 10.5 Å². The molecule has 2 atom stereocenters. The van der Waals surface area contributed by atoms with E-state index >= 15 is 0 Å². The Balaban J connectivity index is 2.70. The van der Waals surface area contributed by atoms with Crippen molar-refractivity contribution >= 4 is 26.7 Å². The summed E-state index contributed by atoms with van der Waals surface area (Å²) in [7, 11) is 0.738. The summed E-state index contributed by atoms with van der Waals surface area (Å²) in [6.07, 6.45) is 0. The van der Waals surface area contributed by atoms with E-state index in [1.807, 2.05) is 25.1 Å². The van der Waals surface area contributed by atoms with Crippen molar-refractivity contribution in [2.45, 2.75) is 12.7 Å². The zero-order valence-corrected chi connectivity index (χ0v) is 12.5. The molecule has 0 fully saturated rings. The first kappa shape index (κ1) is 14.7. The molecule has 2 unspecified atom stereocenters. The van der Waals surface area contributed by atoms with Gasteiger partial charge in [-0.2, -0.15) is 0 Å². The number of methoxy groups -OCH3 is 1. The predicted octanol–water partition coefficient (Wildman–Crippen LogP) is 2.30. The van der Waals surface area contributed by atoms with Crippen LogP contribution in [0.4, 0.5) is 0 Å². The maximum absolute atomic E-state index is 11.9. The fourth-order valence-corrected chi connectivity index (χ4v) is 3.45. The number of rotatable bonds is 6. The maximum atomic E-state index is 11.9. The lowest BCUT2D eigenvalue weighted by Gasteiger charge is -2.10. The van der Waals surface area contributed by atoms with E-state index < -0.39 is 10.8 Å². The van der Waals surface area contributed by atoms with E-state index in [4.69, 9.17) is 10.5 Å². The maximum Gasteiger partial charge on any atom is 0.119 e. The Hall–Kier alpha value is -0.390. The normalized spacial score (nSPS) is 14.4. The third kappa shape index (κ3) is 4.77. The number of nitrogens with two attached hydrogens (primary N) is 1. The Bertz CT molecular complexity index is 398. The summed E-state index contributed by atoms with van der Waals surface area (Å²) in [4.78, 5) is 0. The first-order valence-electron chi connectivity index (χ1n) is 5.44. The minimum absolute atomic E-state index is 0.292. The van der Waals surface area contributed by atoms with Crippen LogP contribution >= 0.6 is 15.9 Å². The molecule has 1 aromatic rings. The van der Waals surface area contributed by atoms with Crippen LogP contribution in [0, 0.1) is 5.92 Å². The highest BCUT2D eigenvalue weighted by molar-refractivity contribution is 9.10. The van der Waals surface area contributed by atoms with E-state index in [1.165, 1.54) is 0 Å². The van der Waals surface area contributed by atoms with Crippen molar-refractivity contribution in [3.63, 3.8) is 0 Å². The van der Waals surface area contributed by atoms with E-state index in [0.717, 1.165) is 15.8 Å². The molecule has 5 heteroatoms. The lowest BCUT2D eigenvalue weighted by atomic mass is 10.2. The second kappa shape index (κ2) is 7.13. The fraction of sp³-hybridized carbons (Fsp3) is 0.500. The van der Waals surface area contributed by atoms with E-state index in [1.54, 1.807) is 7.11 Å². The second-order valence-electron chi connectivity index (χ2n) is 4.05. The number of hydrogen-bond acceptors (Lipinski definition) is 3. The zero-order valence-electron chi connectivity index (χ0n) is 10.1. The average Bonchev–Trinajstić information content (AvgIpc) is 2.31. The molecular formula is C12H18BrNO2S. The third-order valence-electron chi connectivity index (χ3n) is 2.44. The van der Waals surface area contributed by atoms with Gasteiger partial charge in [0.25, 0.3) is 0 Å². The number of hydrogen-bond donors (Lipinski definition) is 1. The van der Waals surface area contributed by atoms with E-state index in [2.05, 4.69) is 15.9 Å². The second-order valence-corrected chi connectivity index (χ2v) is 6.41. The zero-order chi connectivity index (χ0) is 12.8. The van der Waals surface area contributed by atoms with E-state index in [0.29, 0.717) is 24.0 Å². The van der Waals surface area contributed by atoms with Crippen LogP contribution in [0.3, 0.4) is 0 Å². The highest BCUT2D eigenvalue weighted by Gasteiger charge is 2.10. The van der Waals surface area contributed by atoms with Gasteiger partial charge in [0, 0.05) is 26.8 Å². The molecule has 1 rings (SSSR count). The van der Waals surface area contributed by atoms with Gasteiger partial charge in [-0.25, -0.2) is 0 Å². The summed E-state index contributed by atoms with van der Waals surface area (Å²) in [5.41, 5.74) is 6.53. The minimum Gasteiger partial charge on any atom is -0.497 e. The number of halogens is 1. The molecule has 0 aliphatic heterocycles. The van der Waals surface area contributed by atoms with Gasteiger partial charge >= 0.3 is 0 Å². The SMILES string of the molecule is COc1ccc(Br)c(CS(=O)CC(C)CN)c1. The van der Waals surface area contributed by atoms with Gasteiger partial charge in [0.15, 0.2) is 0 Å². The van der Waals surface area contributed by atoms with Crippen LogP contribution in [0.1, 0.15) is 12.5 Å². The monoisotopic (exact) mass is 319 g/mol. The highest BCUT2D eigenvalue weighted by atomic mass is 79.9. The lowest BCUT2D eigenvalue weighted by Crippen LogP contribution is -2.18. The molecule has 0 aliphatic rings. The van der Waals surface area contributed by atoms with Crippen LogP contribution in [0.15, 0.2) is 22.7 Å². The first-order valence-corrected chi connectivity index (χ1v) is 7.72. The summed E-state index contributed by atoms with van der Waals surface area (Å²) >= 11 is 3.46. The van der Waals surface area contributed by atoms with Crippen LogP contribution in [-0.4, -0.2) is 23.6 Å². The molecule has 0 saturated carbocycles. The summed E-state index contributed by atoms with van der Waals surface area (Å²) in [5, 5.41) is 0. The fourth-order valence-electron chi connectivity index (χ4n) is 1.41. The van der Waals surface area contributed by atoms with Gasteiger partial charge in [0.2, 0.25) is 0 Å². The average molecular weight is 320 g/mol. The van der Waals surface area contributed by atoms with Crippen molar-refractivity contribution in [1.29, 1.82) is 0 Å². The lowest BCUT2D eigenvalue weighted by molar-refractivity contribution is 0.414. The largest absolute Gasteiger partial charge is 0.497 e. The summed E-state index contributed by atoms with van der Waals surface area (Å²) in [5.74, 6) is 2.25. The molecule has 3 nitrogen and oxygen atoms in total. The standard InChI is InChI=1S/C12H18BrNO2S/c1-9(6-14)7-17(15)8-10-5-11(16-2)3-4-12(10)13/h3-5,9H,6-8,14H2,1-2H3. The van der Waals surface area contributed by atoms with Crippen molar-refractivity contribution < 1.29 is 8.95 Å². The van der Waals surface area contributed by atoms with E-state index in [-0.39, 0.29) is 0 Å². The van der Waals surface area contributed by atoms with Crippen molar-refractivity contribution in [2.24, 2.45) is 11.7 Å². The molecule has 0 aromatic heterocycles. The molecule has 0 spiro atoms. The molecule has 0 radical (unpaired) electrons. The van der Waals surface area contributed by atoms with Crippen LogP contribution < -0.4 is 10.5 Å². The summed E-state index contributed by atoms with van der Waals surface area (Å²) in [6.45, 7) is 2.59. The molecule has 17 heavy (non-hydrogen) atoms. The summed E-state index contributed by atoms with van der Waals surface area (Å²) < 4.78 is 18.0. The number of ether oxygens (including phenoxy) is 1. The predicted molar refractivity (Wildman–Crippen MR) is 75.6 cm³/mol. The molecule has 0 amide bonds. The Morgan fingerprint density at radius 2 is 2.24 bits per heavy atom. The van der Waals surface area contributed by atoms with Crippen LogP contribution in [0.2, 0.25) is 0 Å². The Morgan fingerprint density at radius 1 is 1.53 bits per heavy atom. The minimum atomic E-state index is -0.887. The quantitative estimate of drug-likeness (QED) is 0.875. The van der Waals surface area contributed by atoms with Crippen LogP contribution in [0.25, 0.3) is 0 Å². The first-order chi connectivity index (χ1) is 8.06. The molecular weight excluding hydrogens is 302 g/mol. The van der Waals surface area contributed by atoms with Gasteiger partial charge in [0.1, 0.15) is 5.75 Å². The van der Waals surface area contributed by atoms with Gasteiger partial charge in [0.05, 0.1) is 7.11 Å². The van der Waals surface area contributed by atoms with E-state index in [9.17, 15) is 4.21 Å². The highest BCUT2D eigenvalue weighted by Crippen LogP contribution is 2.23. The van der Waals surface area contributed by atoms with Crippen molar-refractivity contribution in [1.82, 2.24) is 0 Å². The van der Waals surface area contributed by atoms with Gasteiger partial charge in [-0.05, 0) is 36.2 Å². The van der Waals surface area contributed by atoms with Crippen LogP contribution in [0.5, 0.6) is 5.75 Å². The molecule has 0 heterocycles.